The maximum atomic E-state index is 13.7. The number of hydrogen-bond acceptors (Lipinski definition) is 4. The molecule has 7 heteroatoms. The van der Waals surface area contributed by atoms with Gasteiger partial charge in [0.1, 0.15) is 11.0 Å². The van der Waals surface area contributed by atoms with E-state index in [4.69, 9.17) is 17.3 Å². The van der Waals surface area contributed by atoms with Crippen LogP contribution in [0.4, 0.5) is 10.2 Å². The Labute approximate surface area is 141 Å². The lowest BCUT2D eigenvalue weighted by Gasteiger charge is -2.13. The van der Waals surface area contributed by atoms with Crippen LogP contribution in [0.1, 0.15) is 0 Å². The smallest absolute Gasteiger partial charge is 0.180 e. The largest absolute Gasteiger partial charge is 0.381 e. The summed E-state index contributed by atoms with van der Waals surface area (Å²) in [5.41, 5.74) is 9.20. The molecule has 0 amide bonds. The Kier molecular flexibility index (Phi) is 3.39. The Morgan fingerprint density at radius 2 is 1.92 bits per heavy atom. The molecule has 0 unspecified atom stereocenters. The molecule has 5 nitrogen and oxygen atoms in total. The molecular formula is C17H11ClFN5. The standard InChI is InChI=1S/C17H11ClFN5/c18-13-9-11(4-5-21-13)15-14(10-2-1-3-12(19)8-10)23-16(20)17-22-6-7-24(15)17/h1-9H,(H2,20,23). The van der Waals surface area contributed by atoms with Crippen molar-refractivity contribution in [3.05, 3.63) is 66.0 Å². The normalized spacial score (nSPS) is 11.1. The van der Waals surface area contributed by atoms with E-state index in [-0.39, 0.29) is 11.6 Å². The third kappa shape index (κ3) is 2.37. The van der Waals surface area contributed by atoms with Crippen LogP contribution in [0.3, 0.4) is 0 Å². The van der Waals surface area contributed by atoms with Crippen molar-refractivity contribution in [3.8, 4) is 22.5 Å². The number of aromatic nitrogens is 4. The van der Waals surface area contributed by atoms with Crippen LogP contribution in [0.25, 0.3) is 28.2 Å². The fourth-order valence-corrected chi connectivity index (χ4v) is 2.85. The van der Waals surface area contributed by atoms with E-state index in [0.717, 1.165) is 5.56 Å². The van der Waals surface area contributed by atoms with Crippen molar-refractivity contribution in [2.45, 2.75) is 0 Å². The van der Waals surface area contributed by atoms with Crippen molar-refractivity contribution in [1.29, 1.82) is 0 Å². The van der Waals surface area contributed by atoms with E-state index in [1.165, 1.54) is 12.1 Å². The van der Waals surface area contributed by atoms with Crippen molar-refractivity contribution in [3.63, 3.8) is 0 Å². The van der Waals surface area contributed by atoms with Crippen LogP contribution in [0.5, 0.6) is 0 Å². The predicted molar refractivity (Wildman–Crippen MR) is 91.0 cm³/mol. The SMILES string of the molecule is Nc1nc(-c2cccc(F)c2)c(-c2ccnc(Cl)c2)n2ccnc12. The Bertz CT molecular complexity index is 1060. The quantitative estimate of drug-likeness (QED) is 0.563. The molecule has 0 fully saturated rings. The molecule has 118 valence electrons. The minimum absolute atomic E-state index is 0.267. The van der Waals surface area contributed by atoms with Gasteiger partial charge >= 0.3 is 0 Å². The average molecular weight is 340 g/mol. The molecular weight excluding hydrogens is 329 g/mol. The number of imidazole rings is 1. The Hall–Kier alpha value is -2.99. The van der Waals surface area contributed by atoms with E-state index in [2.05, 4.69) is 15.0 Å². The lowest BCUT2D eigenvalue weighted by Crippen LogP contribution is -2.04. The second-order valence-electron chi connectivity index (χ2n) is 5.19. The van der Waals surface area contributed by atoms with Crippen molar-refractivity contribution >= 4 is 23.1 Å². The summed E-state index contributed by atoms with van der Waals surface area (Å²) in [7, 11) is 0. The van der Waals surface area contributed by atoms with Crippen LogP contribution in [-0.2, 0) is 0 Å². The first kappa shape index (κ1) is 14.6. The molecule has 0 saturated carbocycles. The van der Waals surface area contributed by atoms with Crippen LogP contribution >= 0.6 is 11.6 Å². The van der Waals surface area contributed by atoms with E-state index < -0.39 is 0 Å². The third-order valence-electron chi connectivity index (χ3n) is 3.67. The number of nitrogens with two attached hydrogens (primary N) is 1. The van der Waals surface area contributed by atoms with Gasteiger partial charge in [0.05, 0.1) is 11.4 Å². The van der Waals surface area contributed by atoms with E-state index in [1.54, 1.807) is 42.9 Å². The Morgan fingerprint density at radius 3 is 2.71 bits per heavy atom. The number of rotatable bonds is 2. The van der Waals surface area contributed by atoms with Crippen LogP contribution in [0, 0.1) is 5.82 Å². The molecule has 0 radical (unpaired) electrons. The second kappa shape index (κ2) is 5.58. The van der Waals surface area contributed by atoms with E-state index >= 15 is 0 Å². The van der Waals surface area contributed by atoms with Gasteiger partial charge in [0.25, 0.3) is 0 Å². The van der Waals surface area contributed by atoms with E-state index in [0.29, 0.717) is 27.8 Å². The number of halogens is 2. The summed E-state index contributed by atoms with van der Waals surface area (Å²) in [6.45, 7) is 0. The van der Waals surface area contributed by atoms with Crippen molar-refractivity contribution in [2.75, 3.05) is 5.73 Å². The minimum atomic E-state index is -0.350. The summed E-state index contributed by atoms with van der Waals surface area (Å²) in [5.74, 6) is -0.0829. The van der Waals surface area contributed by atoms with Crippen molar-refractivity contribution < 1.29 is 4.39 Å². The molecule has 0 saturated heterocycles. The molecule has 4 rings (SSSR count). The molecule has 0 aliphatic rings. The molecule has 1 aromatic carbocycles. The molecule has 3 heterocycles. The molecule has 0 aliphatic heterocycles. The maximum absolute atomic E-state index is 13.7. The van der Waals surface area contributed by atoms with Gasteiger partial charge in [-0.25, -0.2) is 19.3 Å². The molecule has 2 N–H and O–H groups in total. The fourth-order valence-electron chi connectivity index (χ4n) is 2.67. The summed E-state index contributed by atoms with van der Waals surface area (Å²) >= 11 is 6.03. The lowest BCUT2D eigenvalue weighted by molar-refractivity contribution is 0.628. The minimum Gasteiger partial charge on any atom is -0.381 e. The first-order valence-corrected chi connectivity index (χ1v) is 7.51. The number of benzene rings is 1. The highest BCUT2D eigenvalue weighted by molar-refractivity contribution is 6.29. The summed E-state index contributed by atoms with van der Waals surface area (Å²) in [5, 5.41) is 0.350. The zero-order valence-corrected chi connectivity index (χ0v) is 13.1. The van der Waals surface area contributed by atoms with Gasteiger partial charge < -0.3 is 5.73 Å². The second-order valence-corrected chi connectivity index (χ2v) is 5.58. The number of anilines is 1. The van der Waals surface area contributed by atoms with Gasteiger partial charge in [0, 0.05) is 29.7 Å². The number of hydrogen-bond donors (Lipinski definition) is 1. The lowest BCUT2D eigenvalue weighted by atomic mass is 10.0. The van der Waals surface area contributed by atoms with Crippen LogP contribution < -0.4 is 5.73 Å². The summed E-state index contributed by atoms with van der Waals surface area (Å²) in [6.07, 6.45) is 5.01. The highest BCUT2D eigenvalue weighted by Crippen LogP contribution is 2.33. The van der Waals surface area contributed by atoms with E-state index in [9.17, 15) is 4.39 Å². The zero-order chi connectivity index (χ0) is 16.7. The van der Waals surface area contributed by atoms with Crippen molar-refractivity contribution in [1.82, 2.24) is 19.4 Å². The fraction of sp³-hybridized carbons (Fsp3) is 0. The number of pyridine rings is 1. The Balaban J connectivity index is 2.11. The highest BCUT2D eigenvalue weighted by Gasteiger charge is 2.17. The first-order valence-electron chi connectivity index (χ1n) is 7.14. The molecule has 0 spiro atoms. The molecule has 0 aliphatic carbocycles. The first-order chi connectivity index (χ1) is 11.6. The van der Waals surface area contributed by atoms with Crippen LogP contribution in [0.2, 0.25) is 5.15 Å². The summed E-state index contributed by atoms with van der Waals surface area (Å²) in [6, 6.07) is 9.73. The molecule has 0 bridgehead atoms. The van der Waals surface area contributed by atoms with Gasteiger partial charge in [-0.3, -0.25) is 4.40 Å². The monoisotopic (exact) mass is 339 g/mol. The van der Waals surface area contributed by atoms with Gasteiger partial charge in [-0.1, -0.05) is 23.7 Å². The zero-order valence-electron chi connectivity index (χ0n) is 12.3. The highest BCUT2D eigenvalue weighted by atomic mass is 35.5. The molecule has 4 aromatic rings. The van der Waals surface area contributed by atoms with Gasteiger partial charge in [0.2, 0.25) is 0 Å². The number of nitrogen functional groups attached to an aromatic ring is 1. The Morgan fingerprint density at radius 1 is 1.04 bits per heavy atom. The molecule has 3 aromatic heterocycles. The van der Waals surface area contributed by atoms with Gasteiger partial charge in [-0.2, -0.15) is 0 Å². The van der Waals surface area contributed by atoms with E-state index in [1.807, 2.05) is 4.40 Å². The van der Waals surface area contributed by atoms with Crippen molar-refractivity contribution in [2.24, 2.45) is 0 Å². The summed E-state index contributed by atoms with van der Waals surface area (Å²) < 4.78 is 15.5. The number of nitrogens with zero attached hydrogens (tertiary/aromatic N) is 4. The van der Waals surface area contributed by atoms with Gasteiger partial charge in [-0.15, -0.1) is 0 Å². The van der Waals surface area contributed by atoms with Gasteiger partial charge in [-0.05, 0) is 24.3 Å². The molecule has 24 heavy (non-hydrogen) atoms. The van der Waals surface area contributed by atoms with Crippen LogP contribution in [-0.4, -0.2) is 19.4 Å². The van der Waals surface area contributed by atoms with Gasteiger partial charge in [0.15, 0.2) is 11.5 Å². The third-order valence-corrected chi connectivity index (χ3v) is 3.87. The maximum Gasteiger partial charge on any atom is 0.180 e. The van der Waals surface area contributed by atoms with Crippen LogP contribution in [0.15, 0.2) is 55.0 Å². The predicted octanol–water partition coefficient (Wildman–Crippen LogP) is 3.83. The topological polar surface area (TPSA) is 69.1 Å². The average Bonchev–Trinajstić information content (AvgIpc) is 3.05. The number of fused-ring (bicyclic) bond motifs is 1. The summed E-state index contributed by atoms with van der Waals surface area (Å²) in [4.78, 5) is 12.7. The molecule has 0 atom stereocenters.